The van der Waals surface area contributed by atoms with Crippen LogP contribution in [0.2, 0.25) is 0 Å². The van der Waals surface area contributed by atoms with Gasteiger partial charge in [-0.15, -0.1) is 0 Å². The smallest absolute Gasteiger partial charge is 0.156 e. The molecule has 6 nitrogen and oxygen atoms in total. The SMILES string of the molecule is C1=c2oc3c(-c4ccc5oc6ccc(-n7c8ccccc8c8ccccc87)cc6c5c4)cccc3c2=C(C2=NC(c3ccccc3)NC(c3ccccc3)=N2)CC1. The predicted octanol–water partition coefficient (Wildman–Crippen LogP) is 11.0. The summed E-state index contributed by atoms with van der Waals surface area (Å²) in [7, 11) is 0. The lowest BCUT2D eigenvalue weighted by atomic mass is 9.97. The lowest BCUT2D eigenvalue weighted by molar-refractivity contribution is 0.572. The number of furan rings is 2. The van der Waals surface area contributed by atoms with Gasteiger partial charge in [-0.3, -0.25) is 0 Å². The molecular weight excluding hydrogens is 701 g/mol. The van der Waals surface area contributed by atoms with Crippen LogP contribution in [0.1, 0.15) is 30.1 Å². The van der Waals surface area contributed by atoms with Gasteiger partial charge in [-0.05, 0) is 72.5 Å². The number of hydrogen-bond donors (Lipinski definition) is 1. The lowest BCUT2D eigenvalue weighted by Crippen LogP contribution is -2.36. The summed E-state index contributed by atoms with van der Waals surface area (Å²) in [4.78, 5) is 10.4. The fourth-order valence-corrected chi connectivity index (χ4v) is 8.92. The minimum atomic E-state index is -0.267. The maximum atomic E-state index is 6.83. The summed E-state index contributed by atoms with van der Waals surface area (Å²) in [6, 6.07) is 57.4. The molecule has 0 saturated heterocycles. The van der Waals surface area contributed by atoms with Gasteiger partial charge in [0.15, 0.2) is 5.84 Å². The summed E-state index contributed by atoms with van der Waals surface area (Å²) in [6.07, 6.45) is 3.61. The average Bonchev–Trinajstić information content (AvgIpc) is 3.96. The molecule has 0 bridgehead atoms. The number of hydrogen-bond acceptors (Lipinski definition) is 5. The number of fused-ring (bicyclic) bond motifs is 9. The molecule has 2 aliphatic rings. The van der Waals surface area contributed by atoms with E-state index in [9.17, 15) is 0 Å². The third kappa shape index (κ3) is 5.04. The Hall–Kier alpha value is -7.44. The van der Waals surface area contributed by atoms with E-state index >= 15 is 0 Å². The molecule has 10 aromatic rings. The molecule has 3 aromatic heterocycles. The number of nitrogens with one attached hydrogen (secondary N) is 1. The maximum absolute atomic E-state index is 6.83. The number of amidine groups is 2. The fraction of sp³-hybridized carbons (Fsp3) is 0.0588. The molecule has 0 spiro atoms. The van der Waals surface area contributed by atoms with E-state index in [1.165, 1.54) is 21.8 Å². The van der Waals surface area contributed by atoms with Crippen LogP contribution in [-0.4, -0.2) is 16.2 Å². The minimum absolute atomic E-state index is 0.267. The normalized spacial score (nSPS) is 15.5. The Kier molecular flexibility index (Phi) is 7.01. The van der Waals surface area contributed by atoms with Crippen molar-refractivity contribution in [1.29, 1.82) is 0 Å². The van der Waals surface area contributed by atoms with Gasteiger partial charge in [-0.1, -0.05) is 121 Å². The number of aromatic nitrogens is 1. The number of para-hydroxylation sites is 3. The lowest BCUT2D eigenvalue weighted by Gasteiger charge is -2.24. The molecule has 1 N–H and O–H groups in total. The molecule has 4 heterocycles. The average molecular weight is 735 g/mol. The zero-order valence-electron chi connectivity index (χ0n) is 30.8. The Morgan fingerprint density at radius 3 is 2.05 bits per heavy atom. The van der Waals surface area contributed by atoms with E-state index < -0.39 is 0 Å². The van der Waals surface area contributed by atoms with Crippen molar-refractivity contribution < 1.29 is 8.83 Å². The molecular formula is C51H34N4O2. The summed E-state index contributed by atoms with van der Waals surface area (Å²) in [5.74, 6) is 1.56. The van der Waals surface area contributed by atoms with Gasteiger partial charge in [0, 0.05) is 54.5 Å². The second-order valence-corrected chi connectivity index (χ2v) is 14.8. The predicted molar refractivity (Wildman–Crippen MR) is 232 cm³/mol. The first kappa shape index (κ1) is 31.9. The highest BCUT2D eigenvalue weighted by Gasteiger charge is 2.25. The largest absolute Gasteiger partial charge is 0.456 e. The third-order valence-electron chi connectivity index (χ3n) is 11.5. The van der Waals surface area contributed by atoms with Crippen molar-refractivity contribution in [3.8, 4) is 16.8 Å². The highest BCUT2D eigenvalue weighted by molar-refractivity contribution is 6.25. The Morgan fingerprint density at radius 1 is 0.579 bits per heavy atom. The van der Waals surface area contributed by atoms with Crippen molar-refractivity contribution in [2.45, 2.75) is 19.0 Å². The van der Waals surface area contributed by atoms with Crippen molar-refractivity contribution in [1.82, 2.24) is 9.88 Å². The fourth-order valence-electron chi connectivity index (χ4n) is 8.92. The monoisotopic (exact) mass is 734 g/mol. The second-order valence-electron chi connectivity index (χ2n) is 14.8. The molecule has 0 saturated carbocycles. The highest BCUT2D eigenvalue weighted by atomic mass is 16.3. The van der Waals surface area contributed by atoms with Crippen LogP contribution in [0.25, 0.3) is 83.2 Å². The topological polar surface area (TPSA) is 68.0 Å². The van der Waals surface area contributed by atoms with Gasteiger partial charge >= 0.3 is 0 Å². The van der Waals surface area contributed by atoms with E-state index in [1.807, 2.05) is 24.3 Å². The molecule has 0 fully saturated rings. The van der Waals surface area contributed by atoms with Crippen LogP contribution in [0.15, 0.2) is 183 Å². The second kappa shape index (κ2) is 12.5. The summed E-state index contributed by atoms with van der Waals surface area (Å²) >= 11 is 0. The third-order valence-corrected chi connectivity index (χ3v) is 11.5. The van der Waals surface area contributed by atoms with Crippen LogP contribution in [0.3, 0.4) is 0 Å². The van der Waals surface area contributed by atoms with Gasteiger partial charge in [-0.25, -0.2) is 9.98 Å². The van der Waals surface area contributed by atoms with Crippen LogP contribution >= 0.6 is 0 Å². The maximum Gasteiger partial charge on any atom is 0.156 e. The zero-order valence-corrected chi connectivity index (χ0v) is 30.8. The number of rotatable bonds is 5. The molecule has 1 atom stereocenters. The molecule has 7 aromatic carbocycles. The minimum Gasteiger partial charge on any atom is -0.456 e. The van der Waals surface area contributed by atoms with E-state index in [4.69, 9.17) is 18.8 Å². The molecule has 1 aliphatic heterocycles. The molecule has 0 radical (unpaired) electrons. The van der Waals surface area contributed by atoms with Crippen LogP contribution in [0.5, 0.6) is 0 Å². The standard InChI is InChI=1S/C51H34N4O2/c1-3-13-31(14-4-1)49-52-50(32-15-5-2-6-16-32)54-51(53-49)39-21-12-24-46-47(39)38-20-11-19-35(48(38)57-46)33-25-27-44-40(29-33)41-30-34(26-28-45(41)56-44)55-42-22-9-7-17-36(42)37-18-8-10-23-43(37)55/h1-11,13-20,22-30,49H,12,21H2,(H,52,53,54). The van der Waals surface area contributed by atoms with Crippen molar-refractivity contribution in [2.24, 2.45) is 9.98 Å². The molecule has 1 aliphatic carbocycles. The van der Waals surface area contributed by atoms with Crippen molar-refractivity contribution in [2.75, 3.05) is 0 Å². The Balaban J connectivity index is 1.02. The van der Waals surface area contributed by atoms with E-state index in [0.29, 0.717) is 0 Å². The molecule has 12 rings (SSSR count). The van der Waals surface area contributed by atoms with Gasteiger partial charge in [0.05, 0.1) is 11.0 Å². The Morgan fingerprint density at radius 2 is 1.26 bits per heavy atom. The van der Waals surface area contributed by atoms with Gasteiger partial charge < -0.3 is 18.7 Å². The van der Waals surface area contributed by atoms with Crippen LogP contribution < -0.4 is 16.0 Å². The summed E-state index contributed by atoms with van der Waals surface area (Å²) in [5, 5.41) is 10.4. The molecule has 6 heteroatoms. The van der Waals surface area contributed by atoms with Crippen molar-refractivity contribution >= 4 is 78.0 Å². The molecule has 0 amide bonds. The van der Waals surface area contributed by atoms with Gasteiger partial charge in [-0.2, -0.15) is 0 Å². The van der Waals surface area contributed by atoms with Gasteiger partial charge in [0.1, 0.15) is 34.2 Å². The van der Waals surface area contributed by atoms with E-state index in [2.05, 4.69) is 155 Å². The summed E-state index contributed by atoms with van der Waals surface area (Å²) < 4.78 is 15.6. The quantitative estimate of drug-likeness (QED) is 0.191. The van der Waals surface area contributed by atoms with Crippen LogP contribution in [0, 0.1) is 0 Å². The summed E-state index contributed by atoms with van der Waals surface area (Å²) in [5.41, 5.74) is 12.2. The number of aliphatic imine (C=N–C) groups is 2. The molecule has 270 valence electrons. The van der Waals surface area contributed by atoms with Crippen molar-refractivity contribution in [3.63, 3.8) is 0 Å². The Bertz CT molecular complexity index is 3390. The van der Waals surface area contributed by atoms with Gasteiger partial charge in [0.2, 0.25) is 0 Å². The van der Waals surface area contributed by atoms with Crippen LogP contribution in [-0.2, 0) is 0 Å². The zero-order chi connectivity index (χ0) is 37.5. The molecule has 1 unspecified atom stereocenters. The van der Waals surface area contributed by atoms with E-state index in [0.717, 1.165) is 102 Å². The Labute approximate surface area is 327 Å². The van der Waals surface area contributed by atoms with Crippen molar-refractivity contribution in [3.05, 3.63) is 186 Å². The first-order valence-corrected chi connectivity index (χ1v) is 19.5. The first-order chi connectivity index (χ1) is 28.2. The molecule has 57 heavy (non-hydrogen) atoms. The van der Waals surface area contributed by atoms with E-state index in [-0.39, 0.29) is 6.17 Å². The number of benzene rings is 7. The van der Waals surface area contributed by atoms with E-state index in [1.54, 1.807) is 0 Å². The highest BCUT2D eigenvalue weighted by Crippen LogP contribution is 2.38. The first-order valence-electron chi connectivity index (χ1n) is 19.5. The van der Waals surface area contributed by atoms with Gasteiger partial charge in [0.25, 0.3) is 0 Å². The summed E-state index contributed by atoms with van der Waals surface area (Å²) in [6.45, 7) is 0. The van der Waals surface area contributed by atoms with Crippen LogP contribution in [0.4, 0.5) is 0 Å². The number of nitrogens with zero attached hydrogens (tertiary/aromatic N) is 3.